The number of aromatic nitrogens is 1. The first kappa shape index (κ1) is 12.4. The van der Waals surface area contributed by atoms with E-state index in [0.29, 0.717) is 5.69 Å². The second-order valence-electron chi connectivity index (χ2n) is 4.61. The topological polar surface area (TPSA) is 42.1 Å². The minimum Gasteiger partial charge on any atom is -0.398 e. The van der Waals surface area contributed by atoms with Gasteiger partial charge in [-0.15, -0.1) is 0 Å². The molecule has 0 bridgehead atoms. The summed E-state index contributed by atoms with van der Waals surface area (Å²) in [6.45, 7) is 0. The number of benzene rings is 2. The fourth-order valence-electron chi connectivity index (χ4n) is 2.25. The van der Waals surface area contributed by atoms with Crippen molar-refractivity contribution in [2.24, 2.45) is 0 Å². The van der Waals surface area contributed by atoms with Gasteiger partial charge in [-0.3, -0.25) is 4.98 Å². The summed E-state index contributed by atoms with van der Waals surface area (Å²) in [5.74, 6) is -0.248. The number of anilines is 3. The van der Waals surface area contributed by atoms with Crippen LogP contribution in [0.15, 0.2) is 54.7 Å². The molecular formula is C16H14FN3. The lowest BCUT2D eigenvalue weighted by Crippen LogP contribution is -2.10. The van der Waals surface area contributed by atoms with E-state index in [2.05, 4.69) is 4.98 Å². The molecule has 0 spiro atoms. The van der Waals surface area contributed by atoms with Crippen LogP contribution in [0.1, 0.15) is 0 Å². The molecule has 0 unspecified atom stereocenters. The number of fused-ring (bicyclic) bond motifs is 1. The highest BCUT2D eigenvalue weighted by Crippen LogP contribution is 2.32. The van der Waals surface area contributed by atoms with Gasteiger partial charge in [0.1, 0.15) is 5.82 Å². The molecule has 0 aliphatic carbocycles. The fraction of sp³-hybridized carbons (Fsp3) is 0.0625. The van der Waals surface area contributed by atoms with Crippen molar-refractivity contribution >= 4 is 28.0 Å². The standard InChI is InChI=1S/C16H14FN3/c1-20(12-6-4-11(17)5-7-12)15-9-8-14(18)13-3-2-10-19-16(13)15/h2-10H,18H2,1H3. The highest BCUT2D eigenvalue weighted by molar-refractivity contribution is 5.99. The van der Waals surface area contributed by atoms with Crippen molar-refractivity contribution in [3.8, 4) is 0 Å². The first-order valence-electron chi connectivity index (χ1n) is 6.29. The molecule has 3 nitrogen and oxygen atoms in total. The summed E-state index contributed by atoms with van der Waals surface area (Å²) in [5, 5.41) is 0.916. The molecule has 1 aromatic heterocycles. The normalized spacial score (nSPS) is 10.7. The molecule has 0 radical (unpaired) electrons. The Kier molecular flexibility index (Phi) is 2.99. The number of nitrogens with two attached hydrogens (primary N) is 1. The Morgan fingerprint density at radius 3 is 2.55 bits per heavy atom. The maximum absolute atomic E-state index is 13.0. The molecule has 0 fully saturated rings. The first-order valence-corrected chi connectivity index (χ1v) is 6.29. The lowest BCUT2D eigenvalue weighted by Gasteiger charge is -2.21. The van der Waals surface area contributed by atoms with Crippen LogP contribution in [0.25, 0.3) is 10.9 Å². The van der Waals surface area contributed by atoms with Crippen molar-refractivity contribution in [3.63, 3.8) is 0 Å². The van der Waals surface area contributed by atoms with E-state index in [0.717, 1.165) is 22.3 Å². The van der Waals surface area contributed by atoms with Crippen molar-refractivity contribution < 1.29 is 4.39 Å². The Morgan fingerprint density at radius 2 is 1.80 bits per heavy atom. The number of nitrogen functional groups attached to an aromatic ring is 1. The smallest absolute Gasteiger partial charge is 0.123 e. The Morgan fingerprint density at radius 1 is 1.05 bits per heavy atom. The zero-order chi connectivity index (χ0) is 14.1. The molecule has 3 rings (SSSR count). The van der Waals surface area contributed by atoms with Gasteiger partial charge in [-0.1, -0.05) is 0 Å². The maximum Gasteiger partial charge on any atom is 0.123 e. The zero-order valence-corrected chi connectivity index (χ0v) is 11.0. The molecule has 100 valence electrons. The largest absolute Gasteiger partial charge is 0.398 e. The number of pyridine rings is 1. The van der Waals surface area contributed by atoms with Crippen LogP contribution in [-0.4, -0.2) is 12.0 Å². The van der Waals surface area contributed by atoms with Crippen LogP contribution >= 0.6 is 0 Å². The summed E-state index contributed by atoms with van der Waals surface area (Å²) in [6, 6.07) is 14.0. The van der Waals surface area contributed by atoms with Crippen molar-refractivity contribution in [2.75, 3.05) is 17.7 Å². The SMILES string of the molecule is CN(c1ccc(F)cc1)c1ccc(N)c2cccnc12. The average molecular weight is 267 g/mol. The van der Waals surface area contributed by atoms with Crippen molar-refractivity contribution in [1.29, 1.82) is 0 Å². The third-order valence-electron chi connectivity index (χ3n) is 3.36. The molecule has 0 aliphatic heterocycles. The molecule has 20 heavy (non-hydrogen) atoms. The monoisotopic (exact) mass is 267 g/mol. The molecule has 4 heteroatoms. The van der Waals surface area contributed by atoms with Crippen LogP contribution in [0.4, 0.5) is 21.5 Å². The molecule has 2 aromatic carbocycles. The molecule has 0 amide bonds. The van der Waals surface area contributed by atoms with Crippen LogP contribution in [0.2, 0.25) is 0 Å². The fourth-order valence-corrected chi connectivity index (χ4v) is 2.25. The Bertz CT molecular complexity index is 753. The molecule has 2 N–H and O–H groups in total. The Balaban J connectivity index is 2.14. The van der Waals surface area contributed by atoms with Gasteiger partial charge in [-0.05, 0) is 48.5 Å². The van der Waals surface area contributed by atoms with E-state index in [1.165, 1.54) is 12.1 Å². The van der Waals surface area contributed by atoms with E-state index in [4.69, 9.17) is 5.73 Å². The van der Waals surface area contributed by atoms with E-state index in [-0.39, 0.29) is 5.82 Å². The van der Waals surface area contributed by atoms with E-state index >= 15 is 0 Å². The number of hydrogen-bond acceptors (Lipinski definition) is 3. The van der Waals surface area contributed by atoms with Crippen molar-refractivity contribution in [1.82, 2.24) is 4.98 Å². The minimum absolute atomic E-state index is 0.248. The van der Waals surface area contributed by atoms with Crippen LogP contribution in [0.3, 0.4) is 0 Å². The van der Waals surface area contributed by atoms with Crippen LogP contribution < -0.4 is 10.6 Å². The second kappa shape index (κ2) is 4.81. The molecule has 0 atom stereocenters. The average Bonchev–Trinajstić information content (AvgIpc) is 2.48. The summed E-state index contributed by atoms with van der Waals surface area (Å²) in [7, 11) is 1.92. The van der Waals surface area contributed by atoms with Gasteiger partial charge in [0, 0.05) is 30.0 Å². The highest BCUT2D eigenvalue weighted by atomic mass is 19.1. The first-order chi connectivity index (χ1) is 9.66. The molecule has 3 aromatic rings. The number of hydrogen-bond donors (Lipinski definition) is 1. The lowest BCUT2D eigenvalue weighted by molar-refractivity contribution is 0.628. The van der Waals surface area contributed by atoms with Gasteiger partial charge in [-0.2, -0.15) is 0 Å². The summed E-state index contributed by atoms with van der Waals surface area (Å²) in [5.41, 5.74) is 9.33. The van der Waals surface area contributed by atoms with Gasteiger partial charge in [0.05, 0.1) is 11.2 Å². The van der Waals surface area contributed by atoms with Gasteiger partial charge in [0.25, 0.3) is 0 Å². The van der Waals surface area contributed by atoms with Crippen molar-refractivity contribution in [3.05, 3.63) is 60.5 Å². The second-order valence-corrected chi connectivity index (χ2v) is 4.61. The van der Waals surface area contributed by atoms with Gasteiger partial charge >= 0.3 is 0 Å². The zero-order valence-electron chi connectivity index (χ0n) is 11.0. The van der Waals surface area contributed by atoms with Gasteiger partial charge in [0.2, 0.25) is 0 Å². The number of halogens is 1. The minimum atomic E-state index is -0.248. The molecule has 1 heterocycles. The highest BCUT2D eigenvalue weighted by Gasteiger charge is 2.10. The lowest BCUT2D eigenvalue weighted by atomic mass is 10.1. The van der Waals surface area contributed by atoms with Crippen LogP contribution in [0.5, 0.6) is 0 Å². The maximum atomic E-state index is 13.0. The summed E-state index contributed by atoms with van der Waals surface area (Å²) in [4.78, 5) is 6.38. The van der Waals surface area contributed by atoms with Crippen LogP contribution in [0, 0.1) is 5.82 Å². The van der Waals surface area contributed by atoms with E-state index in [9.17, 15) is 4.39 Å². The third-order valence-corrected chi connectivity index (χ3v) is 3.36. The van der Waals surface area contributed by atoms with E-state index in [1.54, 1.807) is 18.3 Å². The van der Waals surface area contributed by atoms with Gasteiger partial charge in [0.15, 0.2) is 0 Å². The molecular weight excluding hydrogens is 253 g/mol. The summed E-state index contributed by atoms with van der Waals surface area (Å²) < 4.78 is 13.0. The quantitative estimate of drug-likeness (QED) is 0.719. The Hall–Kier alpha value is -2.62. The van der Waals surface area contributed by atoms with E-state index in [1.807, 2.05) is 36.2 Å². The van der Waals surface area contributed by atoms with Gasteiger partial charge in [-0.25, -0.2) is 4.39 Å². The summed E-state index contributed by atoms with van der Waals surface area (Å²) in [6.07, 6.45) is 1.74. The number of nitrogens with zero attached hydrogens (tertiary/aromatic N) is 2. The number of rotatable bonds is 2. The third kappa shape index (κ3) is 2.05. The molecule has 0 saturated carbocycles. The Labute approximate surface area is 116 Å². The van der Waals surface area contributed by atoms with Crippen LogP contribution in [-0.2, 0) is 0 Å². The molecule has 0 saturated heterocycles. The predicted molar refractivity (Wildman–Crippen MR) is 80.6 cm³/mol. The predicted octanol–water partition coefficient (Wildman–Crippen LogP) is 3.72. The van der Waals surface area contributed by atoms with Crippen molar-refractivity contribution in [2.45, 2.75) is 0 Å². The summed E-state index contributed by atoms with van der Waals surface area (Å²) >= 11 is 0. The van der Waals surface area contributed by atoms with Gasteiger partial charge < -0.3 is 10.6 Å². The molecule has 0 aliphatic rings. The van der Waals surface area contributed by atoms with E-state index < -0.39 is 0 Å².